The van der Waals surface area contributed by atoms with Crippen molar-refractivity contribution < 1.29 is 4.79 Å². The van der Waals surface area contributed by atoms with Crippen molar-refractivity contribution in [3.05, 3.63) is 34.9 Å². The smallest absolute Gasteiger partial charge is 0.254 e. The number of halogens is 1. The van der Waals surface area contributed by atoms with E-state index in [0.29, 0.717) is 6.54 Å². The molecule has 0 saturated carbocycles. The van der Waals surface area contributed by atoms with E-state index in [4.69, 9.17) is 5.73 Å². The largest absolute Gasteiger partial charge is 0.338 e. The number of nitrogens with two attached hydrogens (primary N) is 1. The van der Waals surface area contributed by atoms with E-state index in [1.165, 1.54) is 0 Å². The van der Waals surface area contributed by atoms with Gasteiger partial charge in [-0.3, -0.25) is 4.79 Å². The zero-order valence-corrected chi connectivity index (χ0v) is 12.7. The molecule has 1 aliphatic rings. The van der Waals surface area contributed by atoms with Crippen molar-refractivity contribution in [1.82, 2.24) is 4.90 Å². The summed E-state index contributed by atoms with van der Waals surface area (Å²) in [5.74, 6) is 0.155. The quantitative estimate of drug-likeness (QED) is 0.906. The minimum absolute atomic E-state index is 0. The van der Waals surface area contributed by atoms with Crippen molar-refractivity contribution in [3.8, 4) is 0 Å². The number of likely N-dealkylation sites (tertiary alicyclic amines) is 1. The summed E-state index contributed by atoms with van der Waals surface area (Å²) >= 11 is 0. The lowest BCUT2D eigenvalue weighted by Crippen LogP contribution is -2.35. The van der Waals surface area contributed by atoms with E-state index in [0.717, 1.165) is 36.2 Å². The second kappa shape index (κ2) is 5.93. The maximum atomic E-state index is 12.6. The Hall–Kier alpha value is -1.06. The molecule has 2 rings (SSSR count). The van der Waals surface area contributed by atoms with Crippen LogP contribution in [-0.2, 0) is 0 Å². The van der Waals surface area contributed by atoms with Crippen molar-refractivity contribution in [2.45, 2.75) is 27.2 Å². The molecule has 1 heterocycles. The van der Waals surface area contributed by atoms with Crippen LogP contribution in [0.25, 0.3) is 0 Å². The van der Waals surface area contributed by atoms with Gasteiger partial charge in [0.05, 0.1) is 0 Å². The summed E-state index contributed by atoms with van der Waals surface area (Å²) in [7, 11) is 0. The Morgan fingerprint density at radius 3 is 2.42 bits per heavy atom. The highest BCUT2D eigenvalue weighted by molar-refractivity contribution is 5.97. The highest BCUT2D eigenvalue weighted by atomic mass is 35.5. The van der Waals surface area contributed by atoms with Crippen molar-refractivity contribution in [1.29, 1.82) is 0 Å². The Labute approximate surface area is 121 Å². The fourth-order valence-corrected chi connectivity index (χ4v) is 2.67. The normalized spacial score (nSPS) is 22.2. The molecular weight excluding hydrogens is 260 g/mol. The number of carbonyl (C=O) groups excluding carboxylic acids is 1. The standard InChI is InChI=1S/C15H22N2O.ClH/c1-11-5-4-6-12(2)13(11)14(18)17-8-7-15(3,9-16)10-17;/h4-6H,7-10,16H2,1-3H3;1H. The number of benzene rings is 1. The molecule has 1 saturated heterocycles. The maximum Gasteiger partial charge on any atom is 0.254 e. The van der Waals surface area contributed by atoms with E-state index in [1.807, 2.05) is 36.9 Å². The van der Waals surface area contributed by atoms with Gasteiger partial charge in [0.25, 0.3) is 5.91 Å². The SMILES string of the molecule is Cc1cccc(C)c1C(=O)N1CCC(C)(CN)C1.Cl. The van der Waals surface area contributed by atoms with Crippen LogP contribution in [0, 0.1) is 19.3 Å². The van der Waals surface area contributed by atoms with Gasteiger partial charge in [-0.25, -0.2) is 0 Å². The Balaban J connectivity index is 0.00000180. The van der Waals surface area contributed by atoms with Crippen LogP contribution >= 0.6 is 12.4 Å². The molecule has 1 amide bonds. The minimum atomic E-state index is 0. The van der Waals surface area contributed by atoms with Crippen LogP contribution in [0.5, 0.6) is 0 Å². The molecule has 0 aromatic heterocycles. The van der Waals surface area contributed by atoms with Crippen LogP contribution in [-0.4, -0.2) is 30.4 Å². The van der Waals surface area contributed by atoms with E-state index < -0.39 is 0 Å². The van der Waals surface area contributed by atoms with Gasteiger partial charge in [-0.2, -0.15) is 0 Å². The fraction of sp³-hybridized carbons (Fsp3) is 0.533. The van der Waals surface area contributed by atoms with Crippen LogP contribution in [0.2, 0.25) is 0 Å². The third-order valence-corrected chi connectivity index (χ3v) is 4.03. The molecule has 0 bridgehead atoms. The molecule has 1 atom stereocenters. The highest BCUT2D eigenvalue weighted by Crippen LogP contribution is 2.30. The Morgan fingerprint density at radius 1 is 1.37 bits per heavy atom. The predicted octanol–water partition coefficient (Wildman–Crippen LogP) is 2.54. The first-order valence-electron chi connectivity index (χ1n) is 6.52. The van der Waals surface area contributed by atoms with Gasteiger partial charge in [0.1, 0.15) is 0 Å². The number of amides is 1. The Bertz CT molecular complexity index is 455. The summed E-state index contributed by atoms with van der Waals surface area (Å²) in [4.78, 5) is 14.5. The summed E-state index contributed by atoms with van der Waals surface area (Å²) in [6.07, 6.45) is 1.00. The topological polar surface area (TPSA) is 46.3 Å². The van der Waals surface area contributed by atoms with Crippen LogP contribution in [0.15, 0.2) is 18.2 Å². The van der Waals surface area contributed by atoms with Gasteiger partial charge < -0.3 is 10.6 Å². The Morgan fingerprint density at radius 2 is 1.95 bits per heavy atom. The van der Waals surface area contributed by atoms with Crippen LogP contribution in [0.1, 0.15) is 34.8 Å². The average Bonchev–Trinajstić information content (AvgIpc) is 2.72. The lowest BCUT2D eigenvalue weighted by atomic mass is 9.90. The van der Waals surface area contributed by atoms with Gasteiger partial charge in [0.2, 0.25) is 0 Å². The summed E-state index contributed by atoms with van der Waals surface area (Å²) in [5, 5.41) is 0. The van der Waals surface area contributed by atoms with Crippen molar-refractivity contribution in [2.24, 2.45) is 11.1 Å². The zero-order chi connectivity index (χ0) is 13.3. The van der Waals surface area contributed by atoms with E-state index in [-0.39, 0.29) is 23.7 Å². The maximum absolute atomic E-state index is 12.6. The van der Waals surface area contributed by atoms with Gasteiger partial charge in [-0.05, 0) is 43.4 Å². The Kier molecular flexibility index (Phi) is 4.99. The molecular formula is C15H23ClN2O. The van der Waals surface area contributed by atoms with Crippen molar-refractivity contribution in [3.63, 3.8) is 0 Å². The third-order valence-electron chi connectivity index (χ3n) is 4.03. The minimum Gasteiger partial charge on any atom is -0.338 e. The van der Waals surface area contributed by atoms with Crippen LogP contribution < -0.4 is 5.73 Å². The second-order valence-corrected chi connectivity index (χ2v) is 5.76. The molecule has 1 fully saturated rings. The lowest BCUT2D eigenvalue weighted by molar-refractivity contribution is 0.0775. The van der Waals surface area contributed by atoms with E-state index in [9.17, 15) is 4.79 Å². The van der Waals surface area contributed by atoms with Gasteiger partial charge in [-0.15, -0.1) is 12.4 Å². The first-order valence-corrected chi connectivity index (χ1v) is 6.52. The second-order valence-electron chi connectivity index (χ2n) is 5.76. The van der Waals surface area contributed by atoms with Gasteiger partial charge in [0.15, 0.2) is 0 Å². The summed E-state index contributed by atoms with van der Waals surface area (Å²) in [5.41, 5.74) is 8.85. The first kappa shape index (κ1) is 16.0. The van der Waals surface area contributed by atoms with Crippen molar-refractivity contribution in [2.75, 3.05) is 19.6 Å². The molecule has 2 N–H and O–H groups in total. The fourth-order valence-electron chi connectivity index (χ4n) is 2.67. The number of hydrogen-bond acceptors (Lipinski definition) is 2. The molecule has 0 spiro atoms. The molecule has 1 aromatic rings. The molecule has 106 valence electrons. The zero-order valence-electron chi connectivity index (χ0n) is 11.9. The number of nitrogens with zero attached hydrogens (tertiary/aromatic N) is 1. The summed E-state index contributed by atoms with van der Waals surface area (Å²) in [6, 6.07) is 5.99. The molecule has 1 aromatic carbocycles. The average molecular weight is 283 g/mol. The summed E-state index contributed by atoms with van der Waals surface area (Å²) in [6.45, 7) is 8.39. The number of rotatable bonds is 2. The van der Waals surface area contributed by atoms with Crippen LogP contribution in [0.4, 0.5) is 0 Å². The van der Waals surface area contributed by atoms with E-state index in [2.05, 4.69) is 6.92 Å². The van der Waals surface area contributed by atoms with Gasteiger partial charge in [-0.1, -0.05) is 25.1 Å². The number of aryl methyl sites for hydroxylation is 2. The number of hydrogen-bond donors (Lipinski definition) is 1. The highest BCUT2D eigenvalue weighted by Gasteiger charge is 2.35. The molecule has 0 aliphatic carbocycles. The molecule has 4 heteroatoms. The number of carbonyl (C=O) groups is 1. The molecule has 3 nitrogen and oxygen atoms in total. The first-order chi connectivity index (χ1) is 8.47. The monoisotopic (exact) mass is 282 g/mol. The van der Waals surface area contributed by atoms with Crippen LogP contribution in [0.3, 0.4) is 0 Å². The molecule has 0 radical (unpaired) electrons. The molecule has 1 aliphatic heterocycles. The predicted molar refractivity (Wildman–Crippen MR) is 80.8 cm³/mol. The molecule has 19 heavy (non-hydrogen) atoms. The van der Waals surface area contributed by atoms with E-state index >= 15 is 0 Å². The van der Waals surface area contributed by atoms with Gasteiger partial charge >= 0.3 is 0 Å². The van der Waals surface area contributed by atoms with E-state index in [1.54, 1.807) is 0 Å². The molecule has 1 unspecified atom stereocenters. The van der Waals surface area contributed by atoms with Crippen molar-refractivity contribution >= 4 is 18.3 Å². The summed E-state index contributed by atoms with van der Waals surface area (Å²) < 4.78 is 0. The third kappa shape index (κ3) is 3.10. The lowest BCUT2D eigenvalue weighted by Gasteiger charge is -2.23. The van der Waals surface area contributed by atoms with Gasteiger partial charge in [0, 0.05) is 18.7 Å².